The van der Waals surface area contributed by atoms with Gasteiger partial charge in [-0.3, -0.25) is 0 Å². The van der Waals surface area contributed by atoms with Gasteiger partial charge in [0.15, 0.2) is 0 Å². The molecule has 0 saturated carbocycles. The summed E-state index contributed by atoms with van der Waals surface area (Å²) in [5.41, 5.74) is 2.36. The molecule has 0 saturated heterocycles. The molecule has 2 aromatic carbocycles. The van der Waals surface area contributed by atoms with Crippen molar-refractivity contribution in [2.24, 2.45) is 0 Å². The van der Waals surface area contributed by atoms with Crippen molar-refractivity contribution in [1.82, 2.24) is 5.32 Å². The second-order valence-corrected chi connectivity index (χ2v) is 5.09. The van der Waals surface area contributed by atoms with Crippen molar-refractivity contribution in [1.29, 1.82) is 0 Å². The highest BCUT2D eigenvalue weighted by molar-refractivity contribution is 9.10. The molecule has 0 spiro atoms. The van der Waals surface area contributed by atoms with Gasteiger partial charge in [-0.25, -0.2) is 0 Å². The zero-order valence-corrected chi connectivity index (χ0v) is 11.8. The van der Waals surface area contributed by atoms with Gasteiger partial charge in [0.05, 0.1) is 6.04 Å². The van der Waals surface area contributed by atoms with Crippen molar-refractivity contribution >= 4 is 27.5 Å². The van der Waals surface area contributed by atoms with E-state index in [9.17, 15) is 0 Å². The average Bonchev–Trinajstić information content (AvgIpc) is 2.36. The molecule has 0 radical (unpaired) electrons. The van der Waals surface area contributed by atoms with Gasteiger partial charge in [-0.1, -0.05) is 57.9 Å². The van der Waals surface area contributed by atoms with E-state index < -0.39 is 0 Å². The van der Waals surface area contributed by atoms with E-state index in [0.717, 1.165) is 15.1 Å². The third-order valence-electron chi connectivity index (χ3n) is 2.69. The van der Waals surface area contributed by atoms with Gasteiger partial charge in [-0.2, -0.15) is 0 Å². The van der Waals surface area contributed by atoms with Gasteiger partial charge in [0.2, 0.25) is 0 Å². The minimum absolute atomic E-state index is 0.143. The molecule has 88 valence electrons. The van der Waals surface area contributed by atoms with Gasteiger partial charge < -0.3 is 5.32 Å². The van der Waals surface area contributed by atoms with Gasteiger partial charge in [-0.05, 0) is 36.4 Å². The van der Waals surface area contributed by atoms with Crippen LogP contribution in [0.2, 0.25) is 5.02 Å². The lowest BCUT2D eigenvalue weighted by Gasteiger charge is -2.19. The highest BCUT2D eigenvalue weighted by Crippen LogP contribution is 2.30. The number of nitrogens with one attached hydrogen (secondary N) is 1. The van der Waals surface area contributed by atoms with Crippen LogP contribution in [0.4, 0.5) is 0 Å². The first kappa shape index (κ1) is 12.6. The van der Waals surface area contributed by atoms with Gasteiger partial charge >= 0.3 is 0 Å². The highest BCUT2D eigenvalue weighted by atomic mass is 79.9. The molecule has 0 heterocycles. The minimum Gasteiger partial charge on any atom is -0.309 e. The van der Waals surface area contributed by atoms with Crippen LogP contribution < -0.4 is 5.32 Å². The molecular formula is C14H13BrClN. The number of hydrogen-bond donors (Lipinski definition) is 1. The molecule has 0 amide bonds. The van der Waals surface area contributed by atoms with Crippen molar-refractivity contribution in [2.75, 3.05) is 7.05 Å². The van der Waals surface area contributed by atoms with Crippen molar-refractivity contribution < 1.29 is 0 Å². The van der Waals surface area contributed by atoms with Crippen LogP contribution in [0.3, 0.4) is 0 Å². The predicted molar refractivity (Wildman–Crippen MR) is 76.5 cm³/mol. The monoisotopic (exact) mass is 309 g/mol. The Morgan fingerprint density at radius 3 is 2.47 bits per heavy atom. The van der Waals surface area contributed by atoms with E-state index in [1.54, 1.807) is 0 Å². The van der Waals surface area contributed by atoms with Crippen LogP contribution in [0.1, 0.15) is 17.2 Å². The highest BCUT2D eigenvalue weighted by Gasteiger charge is 2.14. The molecule has 0 aliphatic rings. The topological polar surface area (TPSA) is 12.0 Å². The summed E-state index contributed by atoms with van der Waals surface area (Å²) in [6, 6.07) is 16.3. The number of hydrogen-bond acceptors (Lipinski definition) is 1. The lowest BCUT2D eigenvalue weighted by molar-refractivity contribution is 0.689. The van der Waals surface area contributed by atoms with Gasteiger partial charge in [0.1, 0.15) is 0 Å². The van der Waals surface area contributed by atoms with Gasteiger partial charge in [0, 0.05) is 9.50 Å². The van der Waals surface area contributed by atoms with Crippen molar-refractivity contribution in [2.45, 2.75) is 6.04 Å². The third-order valence-corrected chi connectivity index (χ3v) is 3.65. The second-order valence-electron chi connectivity index (χ2n) is 3.80. The van der Waals surface area contributed by atoms with Gasteiger partial charge in [-0.15, -0.1) is 0 Å². The summed E-state index contributed by atoms with van der Waals surface area (Å²) in [7, 11) is 1.95. The minimum atomic E-state index is 0.143. The van der Waals surface area contributed by atoms with E-state index in [2.05, 4.69) is 33.4 Å². The van der Waals surface area contributed by atoms with Crippen molar-refractivity contribution in [3.05, 3.63) is 69.2 Å². The normalized spacial score (nSPS) is 12.4. The van der Waals surface area contributed by atoms with Crippen LogP contribution in [0, 0.1) is 0 Å². The second kappa shape index (κ2) is 5.67. The fraction of sp³-hybridized carbons (Fsp3) is 0.143. The Morgan fingerprint density at radius 1 is 1.12 bits per heavy atom. The Bertz CT molecular complexity index is 499. The summed E-state index contributed by atoms with van der Waals surface area (Å²) < 4.78 is 1.06. The predicted octanol–water partition coefficient (Wildman–Crippen LogP) is 4.41. The molecular weight excluding hydrogens is 298 g/mol. The summed E-state index contributed by atoms with van der Waals surface area (Å²) in [6.45, 7) is 0. The maximum Gasteiger partial charge on any atom is 0.0585 e. The van der Waals surface area contributed by atoms with Crippen LogP contribution in [0.25, 0.3) is 0 Å². The van der Waals surface area contributed by atoms with Crippen molar-refractivity contribution in [3.8, 4) is 0 Å². The quantitative estimate of drug-likeness (QED) is 0.885. The molecule has 1 nitrogen and oxygen atoms in total. The Morgan fingerprint density at radius 2 is 1.82 bits per heavy atom. The van der Waals surface area contributed by atoms with Crippen LogP contribution in [0.5, 0.6) is 0 Å². The molecule has 1 atom stereocenters. The van der Waals surface area contributed by atoms with E-state index in [1.807, 2.05) is 43.4 Å². The standard InChI is InChI=1S/C14H13BrClN/c1-17-14(10-5-3-2-4-6-10)12-9-11(16)7-8-13(12)15/h2-9,14,17H,1H3. The Labute approximate surface area is 115 Å². The Balaban J connectivity index is 2.46. The first-order chi connectivity index (χ1) is 8.22. The molecule has 2 rings (SSSR count). The molecule has 0 fully saturated rings. The van der Waals surface area contributed by atoms with Gasteiger partial charge in [0.25, 0.3) is 0 Å². The summed E-state index contributed by atoms with van der Waals surface area (Å²) in [4.78, 5) is 0. The zero-order valence-electron chi connectivity index (χ0n) is 9.45. The average molecular weight is 311 g/mol. The van der Waals surface area contributed by atoms with Crippen LogP contribution in [0.15, 0.2) is 53.0 Å². The van der Waals surface area contributed by atoms with Crippen LogP contribution >= 0.6 is 27.5 Å². The summed E-state index contributed by atoms with van der Waals surface area (Å²) in [6.07, 6.45) is 0. The smallest absolute Gasteiger partial charge is 0.0585 e. The molecule has 2 aromatic rings. The Kier molecular flexibility index (Phi) is 4.21. The van der Waals surface area contributed by atoms with E-state index in [-0.39, 0.29) is 6.04 Å². The maximum atomic E-state index is 6.06. The molecule has 3 heteroatoms. The fourth-order valence-electron chi connectivity index (χ4n) is 1.88. The Hall–Kier alpha value is -0.830. The number of halogens is 2. The van der Waals surface area contributed by atoms with E-state index >= 15 is 0 Å². The first-order valence-electron chi connectivity index (χ1n) is 5.39. The largest absolute Gasteiger partial charge is 0.309 e. The lowest BCUT2D eigenvalue weighted by atomic mass is 9.99. The SMILES string of the molecule is CNC(c1ccccc1)c1cc(Cl)ccc1Br. The molecule has 0 aliphatic carbocycles. The number of rotatable bonds is 3. The summed E-state index contributed by atoms with van der Waals surface area (Å²) in [5.74, 6) is 0. The first-order valence-corrected chi connectivity index (χ1v) is 6.56. The summed E-state index contributed by atoms with van der Waals surface area (Å²) in [5, 5.41) is 4.06. The van der Waals surface area contributed by atoms with Crippen molar-refractivity contribution in [3.63, 3.8) is 0 Å². The van der Waals surface area contributed by atoms with E-state index in [4.69, 9.17) is 11.6 Å². The third kappa shape index (κ3) is 2.89. The van der Waals surface area contributed by atoms with Crippen LogP contribution in [-0.4, -0.2) is 7.05 Å². The molecule has 0 aromatic heterocycles. The number of benzene rings is 2. The maximum absolute atomic E-state index is 6.06. The molecule has 0 aliphatic heterocycles. The van der Waals surface area contributed by atoms with E-state index in [1.165, 1.54) is 5.56 Å². The fourth-order valence-corrected chi connectivity index (χ4v) is 2.54. The zero-order chi connectivity index (χ0) is 12.3. The molecule has 1 unspecified atom stereocenters. The van der Waals surface area contributed by atoms with Crippen LogP contribution in [-0.2, 0) is 0 Å². The van der Waals surface area contributed by atoms with E-state index in [0.29, 0.717) is 0 Å². The summed E-state index contributed by atoms with van der Waals surface area (Å²) >= 11 is 9.63. The molecule has 0 bridgehead atoms. The molecule has 17 heavy (non-hydrogen) atoms. The lowest BCUT2D eigenvalue weighted by Crippen LogP contribution is -2.18. The molecule has 1 N–H and O–H groups in total.